The van der Waals surface area contributed by atoms with E-state index in [1.165, 1.54) is 10.5 Å². The average Bonchev–Trinajstić information content (AvgIpc) is 3.03. The molecule has 2 aromatic heterocycles. The first kappa shape index (κ1) is 17.7. The van der Waals surface area contributed by atoms with Crippen LogP contribution in [0.1, 0.15) is 11.1 Å². The molecule has 1 saturated heterocycles. The van der Waals surface area contributed by atoms with E-state index in [-0.39, 0.29) is 0 Å². The number of benzene rings is 1. The summed E-state index contributed by atoms with van der Waals surface area (Å²) in [5.74, 6) is 0.800. The number of aryl methyl sites for hydroxylation is 2. The summed E-state index contributed by atoms with van der Waals surface area (Å²) in [5.41, 5.74) is 3.35. The summed E-state index contributed by atoms with van der Waals surface area (Å²) in [7, 11) is 0. The fourth-order valence-electron chi connectivity index (χ4n) is 3.42. The van der Waals surface area contributed by atoms with Gasteiger partial charge < -0.3 is 9.80 Å². The third-order valence-electron chi connectivity index (χ3n) is 4.90. The van der Waals surface area contributed by atoms with Gasteiger partial charge in [-0.25, -0.2) is 9.97 Å². The maximum Gasteiger partial charge on any atom is 0.225 e. The highest BCUT2D eigenvalue weighted by molar-refractivity contribution is 7.71. The van der Waals surface area contributed by atoms with Crippen molar-refractivity contribution in [3.8, 4) is 5.69 Å². The second kappa shape index (κ2) is 7.53. The smallest absolute Gasteiger partial charge is 0.225 e. The predicted molar refractivity (Wildman–Crippen MR) is 105 cm³/mol. The Kier molecular flexibility index (Phi) is 4.95. The van der Waals surface area contributed by atoms with Gasteiger partial charge in [-0.05, 0) is 54.2 Å². The van der Waals surface area contributed by atoms with Crippen molar-refractivity contribution in [1.82, 2.24) is 29.8 Å². The fourth-order valence-corrected chi connectivity index (χ4v) is 3.65. The van der Waals surface area contributed by atoms with Crippen LogP contribution in [0, 0.1) is 18.6 Å². The lowest BCUT2D eigenvalue weighted by molar-refractivity contribution is -0.924. The molecule has 1 aromatic carbocycles. The van der Waals surface area contributed by atoms with Crippen molar-refractivity contribution in [3.63, 3.8) is 0 Å². The second-order valence-corrected chi connectivity index (χ2v) is 7.27. The standard InChI is InChI=1S/C18H22N8S/c1-14-4-5-16(15(2)12-14)26-18(27)25(21-22-26)13-23-8-10-24(11-9-23)17-19-6-3-7-20-17/h3-7,12H,8-11,13H2,1-2H3/p+1. The summed E-state index contributed by atoms with van der Waals surface area (Å²) in [6.07, 6.45) is 3.57. The van der Waals surface area contributed by atoms with E-state index in [9.17, 15) is 0 Å². The summed E-state index contributed by atoms with van der Waals surface area (Å²) in [4.78, 5) is 12.3. The van der Waals surface area contributed by atoms with Crippen molar-refractivity contribution in [2.45, 2.75) is 20.5 Å². The van der Waals surface area contributed by atoms with Gasteiger partial charge >= 0.3 is 0 Å². The Labute approximate surface area is 163 Å². The zero-order valence-electron chi connectivity index (χ0n) is 15.5. The molecule has 140 valence electrons. The Hall–Kier alpha value is -2.65. The summed E-state index contributed by atoms with van der Waals surface area (Å²) < 4.78 is 4.19. The number of anilines is 1. The molecule has 1 aliphatic rings. The molecule has 0 amide bonds. The van der Waals surface area contributed by atoms with Crippen LogP contribution >= 0.6 is 12.2 Å². The van der Waals surface area contributed by atoms with E-state index in [4.69, 9.17) is 12.2 Å². The van der Waals surface area contributed by atoms with Crippen molar-refractivity contribution in [1.29, 1.82) is 0 Å². The normalized spacial score (nSPS) is 15.3. The average molecular weight is 384 g/mol. The van der Waals surface area contributed by atoms with Gasteiger partial charge in [-0.15, -0.1) is 0 Å². The molecule has 1 N–H and O–H groups in total. The molecule has 4 rings (SSSR count). The number of nitrogens with one attached hydrogen (secondary N) is 1. The highest BCUT2D eigenvalue weighted by atomic mass is 32.1. The molecular formula is C18H23N8S+. The van der Waals surface area contributed by atoms with Gasteiger partial charge in [0, 0.05) is 12.4 Å². The molecule has 9 heteroatoms. The quantitative estimate of drug-likeness (QED) is 0.665. The van der Waals surface area contributed by atoms with Crippen molar-refractivity contribution < 1.29 is 4.90 Å². The third kappa shape index (κ3) is 3.74. The summed E-state index contributed by atoms with van der Waals surface area (Å²) in [6.45, 7) is 8.66. The maximum absolute atomic E-state index is 5.63. The van der Waals surface area contributed by atoms with E-state index in [0.717, 1.165) is 43.4 Å². The van der Waals surface area contributed by atoms with E-state index in [0.29, 0.717) is 11.4 Å². The molecule has 1 fully saturated rings. The molecule has 0 radical (unpaired) electrons. The van der Waals surface area contributed by atoms with Gasteiger partial charge in [-0.3, -0.25) is 0 Å². The van der Waals surface area contributed by atoms with Gasteiger partial charge in [0.15, 0.2) is 6.67 Å². The number of piperazine rings is 1. The van der Waals surface area contributed by atoms with Crippen molar-refractivity contribution in [3.05, 3.63) is 52.6 Å². The highest BCUT2D eigenvalue weighted by Crippen LogP contribution is 2.14. The number of hydrogen-bond acceptors (Lipinski definition) is 6. The molecule has 0 unspecified atom stereocenters. The van der Waals surface area contributed by atoms with Crippen LogP contribution in [0.5, 0.6) is 0 Å². The topological polar surface area (TPSA) is 69.1 Å². The first-order valence-corrected chi connectivity index (χ1v) is 9.48. The molecule has 27 heavy (non-hydrogen) atoms. The number of nitrogens with zero attached hydrogens (tertiary/aromatic N) is 7. The minimum Gasteiger partial charge on any atom is -0.330 e. The van der Waals surface area contributed by atoms with Gasteiger partial charge in [0.1, 0.15) is 0 Å². The third-order valence-corrected chi connectivity index (χ3v) is 5.28. The molecule has 1 aliphatic heterocycles. The van der Waals surface area contributed by atoms with E-state index in [2.05, 4.69) is 51.3 Å². The van der Waals surface area contributed by atoms with Crippen molar-refractivity contribution in [2.24, 2.45) is 0 Å². The molecular weight excluding hydrogens is 360 g/mol. The number of tetrazole rings is 1. The predicted octanol–water partition coefficient (Wildman–Crippen LogP) is 0.568. The zero-order chi connectivity index (χ0) is 18.8. The lowest BCUT2D eigenvalue weighted by Crippen LogP contribution is -3.14. The van der Waals surface area contributed by atoms with Crippen molar-refractivity contribution >= 4 is 18.2 Å². The monoisotopic (exact) mass is 383 g/mol. The molecule has 0 spiro atoms. The van der Waals surface area contributed by atoms with Crippen LogP contribution in [0.2, 0.25) is 0 Å². The van der Waals surface area contributed by atoms with Gasteiger partial charge in [-0.2, -0.15) is 9.36 Å². The first-order chi connectivity index (χ1) is 13.1. The van der Waals surface area contributed by atoms with E-state index >= 15 is 0 Å². The lowest BCUT2D eigenvalue weighted by Gasteiger charge is -2.31. The number of rotatable bonds is 4. The molecule has 3 aromatic rings. The summed E-state index contributed by atoms with van der Waals surface area (Å²) >= 11 is 5.63. The van der Waals surface area contributed by atoms with E-state index in [1.807, 2.05) is 16.8 Å². The van der Waals surface area contributed by atoms with E-state index < -0.39 is 0 Å². The number of aromatic nitrogens is 6. The lowest BCUT2D eigenvalue weighted by atomic mass is 10.1. The van der Waals surface area contributed by atoms with Crippen LogP contribution in [-0.4, -0.2) is 55.9 Å². The van der Waals surface area contributed by atoms with Gasteiger partial charge in [0.2, 0.25) is 10.7 Å². The molecule has 0 bridgehead atoms. The molecule has 0 aliphatic carbocycles. The SMILES string of the molecule is Cc1ccc(-n2nnn(C[NH+]3CCN(c4ncccn4)CC3)c2=S)c(C)c1. The Balaban J connectivity index is 1.44. The van der Waals surface area contributed by atoms with Crippen LogP contribution < -0.4 is 9.80 Å². The van der Waals surface area contributed by atoms with Crippen molar-refractivity contribution in [2.75, 3.05) is 31.1 Å². The van der Waals surface area contributed by atoms with Gasteiger partial charge in [0.25, 0.3) is 0 Å². The Bertz CT molecular complexity index is 973. The molecule has 3 heterocycles. The fraction of sp³-hybridized carbons (Fsp3) is 0.389. The first-order valence-electron chi connectivity index (χ1n) is 9.08. The summed E-state index contributed by atoms with van der Waals surface area (Å²) in [5, 5.41) is 8.58. The molecule has 0 atom stereocenters. The molecule has 8 nitrogen and oxygen atoms in total. The van der Waals surface area contributed by atoms with Crippen LogP contribution in [0.4, 0.5) is 5.95 Å². The van der Waals surface area contributed by atoms with Crippen LogP contribution in [0.15, 0.2) is 36.7 Å². The highest BCUT2D eigenvalue weighted by Gasteiger charge is 2.22. The Morgan fingerprint density at radius 2 is 1.81 bits per heavy atom. The largest absolute Gasteiger partial charge is 0.330 e. The number of hydrogen-bond donors (Lipinski definition) is 1. The van der Waals surface area contributed by atoms with Gasteiger partial charge in [0.05, 0.1) is 31.9 Å². The Morgan fingerprint density at radius 1 is 1.07 bits per heavy atom. The van der Waals surface area contributed by atoms with E-state index in [1.54, 1.807) is 17.1 Å². The van der Waals surface area contributed by atoms with Crippen LogP contribution in [-0.2, 0) is 6.67 Å². The van der Waals surface area contributed by atoms with Gasteiger partial charge in [-0.1, -0.05) is 17.7 Å². The summed E-state index contributed by atoms with van der Waals surface area (Å²) in [6, 6.07) is 8.09. The minimum absolute atomic E-state index is 0.628. The van der Waals surface area contributed by atoms with Crippen LogP contribution in [0.3, 0.4) is 0 Å². The molecule has 0 saturated carbocycles. The Morgan fingerprint density at radius 3 is 2.52 bits per heavy atom. The maximum atomic E-state index is 5.63. The number of quaternary nitrogens is 1. The second-order valence-electron chi connectivity index (χ2n) is 6.91. The van der Waals surface area contributed by atoms with Crippen LogP contribution in [0.25, 0.3) is 5.69 Å². The zero-order valence-corrected chi connectivity index (χ0v) is 16.4. The minimum atomic E-state index is 0.628.